The van der Waals surface area contributed by atoms with Gasteiger partial charge in [0, 0.05) is 28.4 Å². The number of nitrogens with zero attached hydrogens (tertiary/aromatic N) is 2. The lowest BCUT2D eigenvalue weighted by molar-refractivity contribution is 0.0475. The third kappa shape index (κ3) is 3.64. The van der Waals surface area contributed by atoms with E-state index in [1.54, 1.807) is 18.3 Å². The van der Waals surface area contributed by atoms with Gasteiger partial charge in [0.1, 0.15) is 0 Å². The highest BCUT2D eigenvalue weighted by Crippen LogP contribution is 2.23. The third-order valence-corrected chi connectivity index (χ3v) is 5.17. The summed E-state index contributed by atoms with van der Waals surface area (Å²) in [6.07, 6.45) is 2.55. The maximum Gasteiger partial charge on any atom is 0.338 e. The van der Waals surface area contributed by atoms with Gasteiger partial charge in [-0.05, 0) is 56.2 Å². The molecule has 0 aliphatic heterocycles. The van der Waals surface area contributed by atoms with E-state index in [1.807, 2.05) is 54.9 Å². The minimum atomic E-state index is -0.530. The maximum absolute atomic E-state index is 12.6. The van der Waals surface area contributed by atoms with Crippen molar-refractivity contribution in [1.82, 2.24) is 14.8 Å². The second-order valence-electron chi connectivity index (χ2n) is 7.28. The Morgan fingerprint density at radius 1 is 1.10 bits per heavy atom. The van der Waals surface area contributed by atoms with Gasteiger partial charge in [-0.2, -0.15) is 5.10 Å². The van der Waals surface area contributed by atoms with Crippen LogP contribution in [0.5, 0.6) is 0 Å². The van der Waals surface area contributed by atoms with E-state index >= 15 is 0 Å². The number of aryl methyl sites for hydroxylation is 3. The number of nitrogens with one attached hydrogen (secondary N) is 1. The number of H-pyrrole nitrogens is 1. The van der Waals surface area contributed by atoms with Crippen molar-refractivity contribution in [3.63, 3.8) is 0 Å². The predicted octanol–water partition coefficient (Wildman–Crippen LogP) is 4.57. The molecule has 4 rings (SSSR count). The molecule has 0 atom stereocenters. The quantitative estimate of drug-likeness (QED) is 0.379. The van der Waals surface area contributed by atoms with Crippen molar-refractivity contribution >= 4 is 22.7 Å². The van der Waals surface area contributed by atoms with Crippen molar-refractivity contribution in [3.8, 4) is 5.69 Å². The Labute approximate surface area is 174 Å². The van der Waals surface area contributed by atoms with E-state index in [1.165, 1.54) is 0 Å². The van der Waals surface area contributed by atoms with Crippen molar-refractivity contribution in [3.05, 3.63) is 82.8 Å². The number of rotatable bonds is 6. The number of para-hydroxylation sites is 1. The number of aromatic amines is 1. The molecule has 0 aliphatic rings. The second-order valence-corrected chi connectivity index (χ2v) is 7.28. The maximum atomic E-state index is 12.6. The minimum absolute atomic E-state index is 0.234. The molecule has 6 heteroatoms. The van der Waals surface area contributed by atoms with E-state index in [-0.39, 0.29) is 12.4 Å². The van der Waals surface area contributed by atoms with Gasteiger partial charge in [0.05, 0.1) is 16.9 Å². The number of fused-ring (bicyclic) bond motifs is 1. The Morgan fingerprint density at radius 2 is 1.87 bits per heavy atom. The lowest BCUT2D eigenvalue weighted by atomic mass is 10.1. The van der Waals surface area contributed by atoms with E-state index in [0.29, 0.717) is 11.1 Å². The van der Waals surface area contributed by atoms with Gasteiger partial charge < -0.3 is 9.72 Å². The first-order valence-electron chi connectivity index (χ1n) is 9.91. The van der Waals surface area contributed by atoms with E-state index in [0.717, 1.165) is 40.0 Å². The molecule has 152 valence electrons. The van der Waals surface area contributed by atoms with Crippen LogP contribution in [0.3, 0.4) is 0 Å². The van der Waals surface area contributed by atoms with E-state index < -0.39 is 5.97 Å². The molecule has 2 aromatic carbocycles. The number of ether oxygens (including phenoxy) is 1. The summed E-state index contributed by atoms with van der Waals surface area (Å²) in [6, 6.07) is 14.8. The van der Waals surface area contributed by atoms with Gasteiger partial charge in [0.2, 0.25) is 5.78 Å². The van der Waals surface area contributed by atoms with Crippen LogP contribution in [0, 0.1) is 13.8 Å². The van der Waals surface area contributed by atoms with E-state index in [2.05, 4.69) is 17.0 Å². The van der Waals surface area contributed by atoms with Crippen LogP contribution >= 0.6 is 0 Å². The lowest BCUT2D eigenvalue weighted by Gasteiger charge is -2.07. The highest BCUT2D eigenvalue weighted by molar-refractivity contribution is 6.09. The predicted molar refractivity (Wildman–Crippen MR) is 115 cm³/mol. The van der Waals surface area contributed by atoms with Crippen LogP contribution in [-0.2, 0) is 11.2 Å². The number of carbonyl (C=O) groups excluding carboxylic acids is 2. The van der Waals surface area contributed by atoms with Crippen LogP contribution in [0.1, 0.15) is 44.6 Å². The highest BCUT2D eigenvalue weighted by atomic mass is 16.5. The first kappa shape index (κ1) is 19.6. The summed E-state index contributed by atoms with van der Waals surface area (Å²) in [5.41, 5.74) is 5.82. The van der Waals surface area contributed by atoms with Gasteiger partial charge in [0.25, 0.3) is 0 Å². The third-order valence-electron chi connectivity index (χ3n) is 5.17. The molecule has 2 heterocycles. The van der Waals surface area contributed by atoms with Crippen LogP contribution < -0.4 is 0 Å². The normalized spacial score (nSPS) is 11.0. The van der Waals surface area contributed by atoms with Crippen molar-refractivity contribution < 1.29 is 14.3 Å². The fraction of sp³-hybridized carbons (Fsp3) is 0.208. The topological polar surface area (TPSA) is 77.0 Å². The highest BCUT2D eigenvalue weighted by Gasteiger charge is 2.16. The van der Waals surface area contributed by atoms with E-state index in [4.69, 9.17) is 4.74 Å². The minimum Gasteiger partial charge on any atom is -0.454 e. The summed E-state index contributed by atoms with van der Waals surface area (Å²) < 4.78 is 7.08. The number of ketones is 1. The molecule has 1 N–H and O–H groups in total. The summed E-state index contributed by atoms with van der Waals surface area (Å²) in [7, 11) is 0. The zero-order valence-electron chi connectivity index (χ0n) is 17.2. The molecule has 0 bridgehead atoms. The van der Waals surface area contributed by atoms with Crippen LogP contribution in [0.4, 0.5) is 0 Å². The molecule has 0 amide bonds. The summed E-state index contributed by atoms with van der Waals surface area (Å²) in [6.45, 7) is 5.67. The van der Waals surface area contributed by atoms with Gasteiger partial charge in [-0.15, -0.1) is 0 Å². The Kier molecular flexibility index (Phi) is 5.23. The van der Waals surface area contributed by atoms with Crippen molar-refractivity contribution in [1.29, 1.82) is 0 Å². The molecule has 0 fully saturated rings. The second kappa shape index (κ2) is 7.99. The number of hydrogen-bond donors (Lipinski definition) is 1. The van der Waals surface area contributed by atoms with Gasteiger partial charge in [-0.25, -0.2) is 9.48 Å². The Bertz CT molecular complexity index is 1230. The number of esters is 1. The lowest BCUT2D eigenvalue weighted by Crippen LogP contribution is -2.14. The van der Waals surface area contributed by atoms with Gasteiger partial charge in [-0.1, -0.05) is 25.1 Å². The Hall–Kier alpha value is -3.67. The fourth-order valence-corrected chi connectivity index (χ4v) is 3.66. The summed E-state index contributed by atoms with van der Waals surface area (Å²) in [5.74, 6) is -0.764. The number of Topliss-reactive ketones (excluding diaryl/α,β-unsaturated/α-hetero) is 1. The first-order valence-corrected chi connectivity index (χ1v) is 9.91. The SMILES string of the molecule is CCc1cccc2c(C(=O)COC(=O)c3ccc(-n4nc(C)cc4C)cc3)c[nH]c12. The van der Waals surface area contributed by atoms with E-state index in [9.17, 15) is 9.59 Å². The van der Waals surface area contributed by atoms with Crippen LogP contribution in [0.25, 0.3) is 16.6 Å². The molecule has 0 unspecified atom stereocenters. The molecule has 0 saturated heterocycles. The molecule has 0 saturated carbocycles. The molecule has 30 heavy (non-hydrogen) atoms. The molecular weight excluding hydrogens is 378 g/mol. The first-order chi connectivity index (χ1) is 14.5. The number of benzene rings is 2. The molecule has 0 aliphatic carbocycles. The van der Waals surface area contributed by atoms with Gasteiger partial charge in [-0.3, -0.25) is 4.79 Å². The zero-order valence-corrected chi connectivity index (χ0v) is 17.2. The molecule has 0 spiro atoms. The van der Waals surface area contributed by atoms with Gasteiger partial charge >= 0.3 is 5.97 Å². The Morgan fingerprint density at radius 3 is 2.53 bits per heavy atom. The van der Waals surface area contributed by atoms with Crippen LogP contribution in [-0.4, -0.2) is 33.1 Å². The Balaban J connectivity index is 1.45. The molecule has 4 aromatic rings. The number of carbonyl (C=O) groups is 2. The smallest absolute Gasteiger partial charge is 0.338 e. The summed E-state index contributed by atoms with van der Waals surface area (Å²) in [5, 5.41) is 5.28. The average Bonchev–Trinajstić information content (AvgIpc) is 3.34. The zero-order chi connectivity index (χ0) is 21.3. The summed E-state index contributed by atoms with van der Waals surface area (Å²) >= 11 is 0. The van der Waals surface area contributed by atoms with Crippen LogP contribution in [0.15, 0.2) is 54.7 Å². The average molecular weight is 401 g/mol. The molecule has 2 aromatic heterocycles. The number of hydrogen-bond acceptors (Lipinski definition) is 4. The monoisotopic (exact) mass is 401 g/mol. The fourth-order valence-electron chi connectivity index (χ4n) is 3.66. The van der Waals surface area contributed by atoms with Crippen LogP contribution in [0.2, 0.25) is 0 Å². The molecular formula is C24H23N3O3. The molecule has 0 radical (unpaired) electrons. The van der Waals surface area contributed by atoms with Gasteiger partial charge in [0.15, 0.2) is 6.61 Å². The van der Waals surface area contributed by atoms with Crippen molar-refractivity contribution in [2.45, 2.75) is 27.2 Å². The molecule has 6 nitrogen and oxygen atoms in total. The number of aromatic nitrogens is 3. The van der Waals surface area contributed by atoms with Crippen molar-refractivity contribution in [2.24, 2.45) is 0 Å². The largest absolute Gasteiger partial charge is 0.454 e. The van der Waals surface area contributed by atoms with Crippen molar-refractivity contribution in [2.75, 3.05) is 6.61 Å². The standard InChI is InChI=1S/C24H23N3O3/c1-4-17-6-5-7-20-21(13-25-23(17)20)22(28)14-30-24(29)18-8-10-19(11-9-18)27-16(3)12-15(2)26-27/h5-13,25H,4,14H2,1-3H3. The summed E-state index contributed by atoms with van der Waals surface area (Å²) in [4.78, 5) is 28.2.